The van der Waals surface area contributed by atoms with E-state index in [1.54, 1.807) is 4.90 Å². The first-order chi connectivity index (χ1) is 8.35. The van der Waals surface area contributed by atoms with Gasteiger partial charge in [0.25, 0.3) is 0 Å². The van der Waals surface area contributed by atoms with Gasteiger partial charge in [0.1, 0.15) is 0 Å². The largest absolute Gasteiger partial charge is 0.337 e. The number of likely N-dealkylation sites (tertiary alicyclic amines) is 1. The second-order valence-electron chi connectivity index (χ2n) is 4.82. The van der Waals surface area contributed by atoms with Crippen molar-refractivity contribution in [1.29, 1.82) is 0 Å². The van der Waals surface area contributed by atoms with Gasteiger partial charge in [-0.25, -0.2) is 13.1 Å². The van der Waals surface area contributed by atoms with E-state index in [4.69, 9.17) is 5.73 Å². The maximum absolute atomic E-state index is 12.1. The van der Waals surface area contributed by atoms with Crippen molar-refractivity contribution < 1.29 is 13.2 Å². The molecule has 0 aromatic carbocycles. The molecule has 0 aliphatic carbocycles. The number of hydrogen-bond acceptors (Lipinski definition) is 4. The van der Waals surface area contributed by atoms with Gasteiger partial charge in [-0.15, -0.1) is 0 Å². The smallest absolute Gasteiger partial charge is 0.239 e. The Balaban J connectivity index is 2.65. The number of nitrogens with two attached hydrogens (primary N) is 1. The van der Waals surface area contributed by atoms with Gasteiger partial charge in [0.15, 0.2) is 0 Å². The molecule has 2 atom stereocenters. The monoisotopic (exact) mass is 277 g/mol. The van der Waals surface area contributed by atoms with Gasteiger partial charge in [-0.05, 0) is 25.7 Å². The van der Waals surface area contributed by atoms with Crippen LogP contribution in [-0.4, -0.2) is 50.7 Å². The lowest BCUT2D eigenvalue weighted by Gasteiger charge is -2.37. The lowest BCUT2D eigenvalue weighted by atomic mass is 10.0. The minimum Gasteiger partial charge on any atom is -0.337 e. The van der Waals surface area contributed by atoms with E-state index >= 15 is 0 Å². The highest BCUT2D eigenvalue weighted by atomic mass is 32.2. The molecule has 106 valence electrons. The molecule has 0 radical (unpaired) electrons. The van der Waals surface area contributed by atoms with Crippen LogP contribution in [0.3, 0.4) is 0 Å². The molecule has 1 saturated heterocycles. The maximum atomic E-state index is 12.1. The molecule has 0 bridgehead atoms. The maximum Gasteiger partial charge on any atom is 0.239 e. The Labute approximate surface area is 109 Å². The standard InChI is InChI=1S/C11H23N3O3S/c1-3-10(12)11(15)14-7-5-4-6-9(14)8-13-18(2,16)17/h9-10,13H,3-8,12H2,1-2H3. The first-order valence-electron chi connectivity index (χ1n) is 6.36. The fraction of sp³-hybridized carbons (Fsp3) is 0.909. The van der Waals surface area contributed by atoms with E-state index in [-0.39, 0.29) is 18.5 Å². The van der Waals surface area contributed by atoms with Gasteiger partial charge in [0.05, 0.1) is 12.3 Å². The quantitative estimate of drug-likeness (QED) is 0.718. The molecule has 1 rings (SSSR count). The molecule has 1 amide bonds. The fourth-order valence-electron chi connectivity index (χ4n) is 2.14. The van der Waals surface area contributed by atoms with Gasteiger partial charge >= 0.3 is 0 Å². The van der Waals surface area contributed by atoms with Crippen LogP contribution in [0.4, 0.5) is 0 Å². The molecular weight excluding hydrogens is 254 g/mol. The average molecular weight is 277 g/mol. The Morgan fingerprint density at radius 3 is 2.72 bits per heavy atom. The Morgan fingerprint density at radius 1 is 1.50 bits per heavy atom. The number of carbonyl (C=O) groups is 1. The summed E-state index contributed by atoms with van der Waals surface area (Å²) in [4.78, 5) is 13.8. The lowest BCUT2D eigenvalue weighted by Crippen LogP contribution is -2.53. The van der Waals surface area contributed by atoms with Crippen molar-refractivity contribution in [2.24, 2.45) is 5.73 Å². The third-order valence-electron chi connectivity index (χ3n) is 3.25. The van der Waals surface area contributed by atoms with Crippen molar-refractivity contribution >= 4 is 15.9 Å². The molecule has 18 heavy (non-hydrogen) atoms. The second-order valence-corrected chi connectivity index (χ2v) is 6.65. The molecule has 3 N–H and O–H groups in total. The van der Waals surface area contributed by atoms with Crippen LogP contribution in [0.25, 0.3) is 0 Å². The van der Waals surface area contributed by atoms with Gasteiger partial charge in [0, 0.05) is 19.1 Å². The molecule has 0 aromatic heterocycles. The first-order valence-corrected chi connectivity index (χ1v) is 8.25. The number of amides is 1. The zero-order chi connectivity index (χ0) is 13.8. The molecule has 1 aliphatic rings. The van der Waals surface area contributed by atoms with Gasteiger partial charge < -0.3 is 10.6 Å². The zero-order valence-electron chi connectivity index (χ0n) is 11.1. The number of sulfonamides is 1. The van der Waals surface area contributed by atoms with Crippen LogP contribution >= 0.6 is 0 Å². The fourth-order valence-corrected chi connectivity index (χ4v) is 2.63. The van der Waals surface area contributed by atoms with Crippen molar-refractivity contribution in [3.63, 3.8) is 0 Å². The minimum atomic E-state index is -3.22. The number of nitrogens with one attached hydrogen (secondary N) is 1. The molecule has 1 aliphatic heterocycles. The molecule has 0 spiro atoms. The SMILES string of the molecule is CCC(N)C(=O)N1CCCCC1CNS(C)(=O)=O. The van der Waals surface area contributed by atoms with E-state index in [1.165, 1.54) is 0 Å². The summed E-state index contributed by atoms with van der Waals surface area (Å²) in [6.07, 6.45) is 4.52. The zero-order valence-corrected chi connectivity index (χ0v) is 11.9. The summed E-state index contributed by atoms with van der Waals surface area (Å²) in [5.41, 5.74) is 5.76. The normalized spacial score (nSPS) is 22.8. The Hall–Kier alpha value is -0.660. The van der Waals surface area contributed by atoms with Crippen LogP contribution < -0.4 is 10.5 Å². The molecule has 2 unspecified atom stereocenters. The van der Waals surface area contributed by atoms with E-state index in [9.17, 15) is 13.2 Å². The van der Waals surface area contributed by atoms with Crippen molar-refractivity contribution in [3.05, 3.63) is 0 Å². The highest BCUT2D eigenvalue weighted by Crippen LogP contribution is 2.17. The molecule has 1 fully saturated rings. The van der Waals surface area contributed by atoms with E-state index in [0.717, 1.165) is 25.5 Å². The van der Waals surface area contributed by atoms with Crippen molar-refractivity contribution in [2.45, 2.75) is 44.7 Å². The van der Waals surface area contributed by atoms with Crippen LogP contribution in [0.1, 0.15) is 32.6 Å². The Morgan fingerprint density at radius 2 is 2.17 bits per heavy atom. The summed E-state index contributed by atoms with van der Waals surface area (Å²) in [6.45, 7) is 2.82. The summed E-state index contributed by atoms with van der Waals surface area (Å²) < 4.78 is 24.7. The highest BCUT2D eigenvalue weighted by Gasteiger charge is 2.29. The van der Waals surface area contributed by atoms with Crippen molar-refractivity contribution in [3.8, 4) is 0 Å². The number of nitrogens with zero attached hydrogens (tertiary/aromatic N) is 1. The molecule has 7 heteroatoms. The second kappa shape index (κ2) is 6.49. The number of carbonyl (C=O) groups excluding carboxylic acids is 1. The lowest BCUT2D eigenvalue weighted by molar-refractivity contribution is -0.136. The average Bonchev–Trinajstić information content (AvgIpc) is 2.34. The molecule has 1 heterocycles. The van der Waals surface area contributed by atoms with Crippen LogP contribution in [0.15, 0.2) is 0 Å². The predicted octanol–water partition coefficient (Wildman–Crippen LogP) is -0.346. The molecule has 0 saturated carbocycles. The van der Waals surface area contributed by atoms with Crippen molar-refractivity contribution in [1.82, 2.24) is 9.62 Å². The van der Waals surface area contributed by atoms with Gasteiger partial charge in [0.2, 0.25) is 15.9 Å². The van der Waals surface area contributed by atoms with Crippen LogP contribution in [0.2, 0.25) is 0 Å². The van der Waals surface area contributed by atoms with E-state index < -0.39 is 16.1 Å². The summed E-state index contributed by atoms with van der Waals surface area (Å²) in [5, 5.41) is 0. The molecule has 0 aromatic rings. The topological polar surface area (TPSA) is 92.5 Å². The van der Waals surface area contributed by atoms with Gasteiger partial charge in [-0.3, -0.25) is 4.79 Å². The summed E-state index contributed by atoms with van der Waals surface area (Å²) in [7, 11) is -3.22. The summed E-state index contributed by atoms with van der Waals surface area (Å²) in [5.74, 6) is -0.0718. The van der Waals surface area contributed by atoms with Crippen LogP contribution in [0, 0.1) is 0 Å². The van der Waals surface area contributed by atoms with Crippen LogP contribution in [-0.2, 0) is 14.8 Å². The molecular formula is C11H23N3O3S. The number of piperidine rings is 1. The van der Waals surface area contributed by atoms with E-state index in [2.05, 4.69) is 4.72 Å². The summed E-state index contributed by atoms with van der Waals surface area (Å²) in [6, 6.07) is -0.553. The third kappa shape index (κ3) is 4.55. The van der Waals surface area contributed by atoms with E-state index in [0.29, 0.717) is 13.0 Å². The molecule has 6 nitrogen and oxygen atoms in total. The Kier molecular flexibility index (Phi) is 5.55. The van der Waals surface area contributed by atoms with Gasteiger partial charge in [-0.1, -0.05) is 6.92 Å². The highest BCUT2D eigenvalue weighted by molar-refractivity contribution is 7.88. The summed E-state index contributed by atoms with van der Waals surface area (Å²) >= 11 is 0. The van der Waals surface area contributed by atoms with Gasteiger partial charge in [-0.2, -0.15) is 0 Å². The Bertz CT molecular complexity index is 383. The third-order valence-corrected chi connectivity index (χ3v) is 3.94. The van der Waals surface area contributed by atoms with E-state index in [1.807, 2.05) is 6.92 Å². The number of hydrogen-bond donors (Lipinski definition) is 2. The minimum absolute atomic E-state index is 0.0708. The predicted molar refractivity (Wildman–Crippen MR) is 70.5 cm³/mol. The van der Waals surface area contributed by atoms with Crippen molar-refractivity contribution in [2.75, 3.05) is 19.3 Å². The van der Waals surface area contributed by atoms with Crippen LogP contribution in [0.5, 0.6) is 0 Å². The number of rotatable bonds is 5. The first kappa shape index (κ1) is 15.4.